The molecule has 9 heteroatoms. The second-order valence-electron chi connectivity index (χ2n) is 6.39. The van der Waals surface area contributed by atoms with Gasteiger partial charge in [0.2, 0.25) is 0 Å². The summed E-state index contributed by atoms with van der Waals surface area (Å²) in [6.07, 6.45) is -2.40. The predicted octanol–water partition coefficient (Wildman–Crippen LogP) is 1.90. The monoisotopic (exact) mass is 368 g/mol. The lowest BCUT2D eigenvalue weighted by Crippen LogP contribution is -2.56. The molecule has 0 aliphatic carbocycles. The molecule has 0 saturated carbocycles. The van der Waals surface area contributed by atoms with E-state index in [0.717, 1.165) is 0 Å². The summed E-state index contributed by atoms with van der Waals surface area (Å²) in [5, 5.41) is 18.9. The van der Waals surface area contributed by atoms with Crippen molar-refractivity contribution in [3.05, 3.63) is 35.9 Å². The first-order chi connectivity index (χ1) is 12.1. The molecule has 0 unspecified atom stereocenters. The van der Waals surface area contributed by atoms with Crippen LogP contribution in [0.25, 0.3) is 0 Å². The normalized spacial score (nSPS) is 12.0. The zero-order valence-electron chi connectivity index (χ0n) is 15.0. The molecule has 0 bridgehead atoms. The van der Waals surface area contributed by atoms with Gasteiger partial charge in [0, 0.05) is 13.0 Å². The minimum absolute atomic E-state index is 0.113. The number of carboxylic acids is 1. The van der Waals surface area contributed by atoms with Gasteiger partial charge in [-0.15, -0.1) is 0 Å². The number of ether oxygens (including phenoxy) is 2. The second kappa shape index (κ2) is 9.62. The summed E-state index contributed by atoms with van der Waals surface area (Å²) in [5.41, 5.74) is 1.92. The summed E-state index contributed by atoms with van der Waals surface area (Å²) in [5.74, 6) is -1.41. The van der Waals surface area contributed by atoms with Crippen LogP contribution >= 0.6 is 0 Å². The molecule has 1 aromatic rings. The summed E-state index contributed by atoms with van der Waals surface area (Å²) >= 11 is 0. The number of amides is 2. The quantitative estimate of drug-likeness (QED) is 0.655. The van der Waals surface area contributed by atoms with Crippen molar-refractivity contribution in [1.29, 1.82) is 0 Å². The van der Waals surface area contributed by atoms with Crippen molar-refractivity contribution >= 4 is 18.2 Å². The number of carbonyl (C=O) groups excluding carboxylic acids is 2. The number of benzene rings is 1. The van der Waals surface area contributed by atoms with E-state index in [2.05, 4.69) is 5.43 Å². The molecule has 0 fully saturated rings. The number of nitrogens with one attached hydrogen (secondary N) is 1. The Hall–Kier alpha value is -2.81. The zero-order chi connectivity index (χ0) is 19.7. The highest BCUT2D eigenvalue weighted by Gasteiger charge is 2.33. The molecule has 0 spiro atoms. The highest BCUT2D eigenvalue weighted by atomic mass is 16.6. The smallest absolute Gasteiger partial charge is 0.429 e. The summed E-state index contributed by atoms with van der Waals surface area (Å²) in [4.78, 5) is 35.7. The molecule has 0 aromatic heterocycles. The van der Waals surface area contributed by atoms with Crippen molar-refractivity contribution < 1.29 is 34.1 Å². The maximum atomic E-state index is 12.3. The number of rotatable bonds is 6. The number of aliphatic carboxylic acids is 1. The summed E-state index contributed by atoms with van der Waals surface area (Å²) in [6, 6.07) is 7.24. The fraction of sp³-hybridized carbons (Fsp3) is 0.471. The molecular formula is C17H24N2O7. The summed E-state index contributed by atoms with van der Waals surface area (Å²) < 4.78 is 10.1. The Balaban J connectivity index is 2.88. The molecule has 0 saturated heterocycles. The van der Waals surface area contributed by atoms with Gasteiger partial charge < -0.3 is 19.7 Å². The van der Waals surface area contributed by atoms with Crippen molar-refractivity contribution in [2.45, 2.75) is 45.4 Å². The molecule has 3 N–H and O–H groups in total. The standard InChI is InChI=1S/C17H24N2O7/c1-17(2,3)26-15(23)18-19(13(9-10-20)14(21)22)16(24)25-11-12-7-5-4-6-8-12/h4-8,13,20H,9-11H2,1-3H3,(H,18,23)(H,21,22)/t13-/m0/s1. The average Bonchev–Trinajstić information content (AvgIpc) is 2.55. The number of aliphatic hydroxyl groups is 1. The molecule has 144 valence electrons. The van der Waals surface area contributed by atoms with Crippen LogP contribution in [-0.4, -0.2) is 51.6 Å². The van der Waals surface area contributed by atoms with E-state index in [-0.39, 0.29) is 13.0 Å². The van der Waals surface area contributed by atoms with Crippen molar-refractivity contribution in [3.63, 3.8) is 0 Å². The number of nitrogens with zero attached hydrogens (tertiary/aromatic N) is 1. The van der Waals surface area contributed by atoms with Crippen molar-refractivity contribution in [2.24, 2.45) is 0 Å². The summed E-state index contributed by atoms with van der Waals surface area (Å²) in [7, 11) is 0. The molecule has 26 heavy (non-hydrogen) atoms. The molecule has 0 heterocycles. The molecule has 0 aliphatic heterocycles. The topological polar surface area (TPSA) is 125 Å². The fourth-order valence-corrected chi connectivity index (χ4v) is 1.92. The number of hydrazine groups is 1. The Morgan fingerprint density at radius 1 is 1.19 bits per heavy atom. The molecule has 1 atom stereocenters. The molecule has 0 radical (unpaired) electrons. The number of hydrogen-bond acceptors (Lipinski definition) is 6. The second-order valence-corrected chi connectivity index (χ2v) is 6.39. The van der Waals surface area contributed by atoms with Crippen molar-refractivity contribution in [3.8, 4) is 0 Å². The lowest BCUT2D eigenvalue weighted by Gasteiger charge is -2.29. The fourth-order valence-electron chi connectivity index (χ4n) is 1.92. The van der Waals surface area contributed by atoms with Crippen LogP contribution < -0.4 is 5.43 Å². The first kappa shape index (κ1) is 21.2. The van der Waals surface area contributed by atoms with Crippen LogP contribution in [0.15, 0.2) is 30.3 Å². The molecule has 9 nitrogen and oxygen atoms in total. The largest absolute Gasteiger partial charge is 0.480 e. The lowest BCUT2D eigenvalue weighted by atomic mass is 10.2. The average molecular weight is 368 g/mol. The van der Waals surface area contributed by atoms with E-state index < -0.39 is 36.4 Å². The zero-order valence-corrected chi connectivity index (χ0v) is 15.0. The van der Waals surface area contributed by atoms with E-state index in [1.807, 2.05) is 0 Å². The van der Waals surface area contributed by atoms with Gasteiger partial charge in [-0.2, -0.15) is 0 Å². The van der Waals surface area contributed by atoms with E-state index >= 15 is 0 Å². The lowest BCUT2D eigenvalue weighted by molar-refractivity contribution is -0.144. The maximum Gasteiger partial charge on any atom is 0.429 e. The Morgan fingerprint density at radius 2 is 1.81 bits per heavy atom. The van der Waals surface area contributed by atoms with Gasteiger partial charge in [0.25, 0.3) is 0 Å². The van der Waals surface area contributed by atoms with Crippen LogP contribution in [-0.2, 0) is 20.9 Å². The first-order valence-electron chi connectivity index (χ1n) is 7.97. The third kappa shape index (κ3) is 7.39. The van der Waals surface area contributed by atoms with Crippen LogP contribution in [0.5, 0.6) is 0 Å². The van der Waals surface area contributed by atoms with Crippen LogP contribution in [0.3, 0.4) is 0 Å². The van der Waals surface area contributed by atoms with Crippen LogP contribution in [0.2, 0.25) is 0 Å². The highest BCUT2D eigenvalue weighted by molar-refractivity contribution is 5.82. The highest BCUT2D eigenvalue weighted by Crippen LogP contribution is 2.11. The number of hydrogen-bond donors (Lipinski definition) is 3. The van der Waals surface area contributed by atoms with E-state index in [1.165, 1.54) is 0 Å². The van der Waals surface area contributed by atoms with E-state index in [4.69, 9.17) is 14.6 Å². The van der Waals surface area contributed by atoms with Gasteiger partial charge in [-0.3, -0.25) is 0 Å². The van der Waals surface area contributed by atoms with Crippen LogP contribution in [0, 0.1) is 0 Å². The van der Waals surface area contributed by atoms with E-state index in [9.17, 15) is 19.5 Å². The van der Waals surface area contributed by atoms with Crippen LogP contribution in [0.1, 0.15) is 32.8 Å². The third-order valence-electron chi connectivity index (χ3n) is 3.01. The van der Waals surface area contributed by atoms with Gasteiger partial charge in [0.1, 0.15) is 12.2 Å². The number of carbonyl (C=O) groups is 3. The van der Waals surface area contributed by atoms with Gasteiger partial charge in [-0.25, -0.2) is 24.8 Å². The first-order valence-corrected chi connectivity index (χ1v) is 7.97. The Morgan fingerprint density at radius 3 is 2.31 bits per heavy atom. The van der Waals surface area contributed by atoms with Crippen molar-refractivity contribution in [2.75, 3.05) is 6.61 Å². The van der Waals surface area contributed by atoms with E-state index in [0.29, 0.717) is 10.6 Å². The van der Waals surface area contributed by atoms with E-state index in [1.54, 1.807) is 51.1 Å². The predicted molar refractivity (Wildman–Crippen MR) is 91.0 cm³/mol. The molecule has 0 aliphatic rings. The van der Waals surface area contributed by atoms with Gasteiger partial charge in [0.05, 0.1) is 0 Å². The Bertz CT molecular complexity index is 613. The molecule has 1 aromatic carbocycles. The van der Waals surface area contributed by atoms with Gasteiger partial charge in [0.15, 0.2) is 6.04 Å². The van der Waals surface area contributed by atoms with Gasteiger partial charge in [-0.1, -0.05) is 30.3 Å². The number of carboxylic acid groups (broad SMARTS) is 1. The Labute approximate surface area is 151 Å². The minimum Gasteiger partial charge on any atom is -0.480 e. The molecule has 2 amide bonds. The SMILES string of the molecule is CC(C)(C)OC(=O)NN(C(=O)OCc1ccccc1)[C@@H](CCO)C(=O)O. The van der Waals surface area contributed by atoms with Gasteiger partial charge in [-0.05, 0) is 26.3 Å². The molecular weight excluding hydrogens is 344 g/mol. The maximum absolute atomic E-state index is 12.3. The number of aliphatic hydroxyl groups excluding tert-OH is 1. The van der Waals surface area contributed by atoms with Crippen LogP contribution in [0.4, 0.5) is 9.59 Å². The van der Waals surface area contributed by atoms with Gasteiger partial charge >= 0.3 is 18.2 Å². The molecule has 1 rings (SSSR count). The minimum atomic E-state index is -1.52. The summed E-state index contributed by atoms with van der Waals surface area (Å²) in [6.45, 7) is 4.24. The van der Waals surface area contributed by atoms with Crippen molar-refractivity contribution in [1.82, 2.24) is 10.4 Å². The Kier molecular flexibility index (Phi) is 7.85. The third-order valence-corrected chi connectivity index (χ3v) is 3.01.